The van der Waals surface area contributed by atoms with Crippen molar-refractivity contribution in [2.45, 2.75) is 26.8 Å². The maximum absolute atomic E-state index is 5.73. The summed E-state index contributed by atoms with van der Waals surface area (Å²) in [6.07, 6.45) is 3.71. The van der Waals surface area contributed by atoms with E-state index < -0.39 is 0 Å². The lowest BCUT2D eigenvalue weighted by Gasteiger charge is -2.19. The summed E-state index contributed by atoms with van der Waals surface area (Å²) in [6, 6.07) is 8.50. The predicted molar refractivity (Wildman–Crippen MR) is 74.1 cm³/mol. The molecule has 0 aliphatic heterocycles. The normalized spacial score (nSPS) is 12.4. The number of nitrogens with zero attached hydrogens (tertiary/aromatic N) is 1. The second kappa shape index (κ2) is 5.29. The van der Waals surface area contributed by atoms with Crippen LogP contribution in [0.15, 0.2) is 36.7 Å². The Hall–Kier alpha value is -1.71. The van der Waals surface area contributed by atoms with Crippen molar-refractivity contribution in [1.29, 1.82) is 0 Å². The zero-order valence-electron chi connectivity index (χ0n) is 11.1. The van der Waals surface area contributed by atoms with Crippen LogP contribution in [0, 0.1) is 20.8 Å². The Morgan fingerprint density at radius 3 is 2.50 bits per heavy atom. The number of nitrogens with one attached hydrogen (secondary N) is 1. The second-order valence-corrected chi connectivity index (χ2v) is 4.76. The van der Waals surface area contributed by atoms with Crippen molar-refractivity contribution in [3.63, 3.8) is 0 Å². The van der Waals surface area contributed by atoms with Crippen LogP contribution in [0.5, 0.6) is 0 Å². The van der Waals surface area contributed by atoms with E-state index in [0.717, 1.165) is 11.1 Å². The number of benzene rings is 1. The largest absolute Gasteiger partial charge is 0.271 e. The van der Waals surface area contributed by atoms with E-state index in [0.29, 0.717) is 0 Å². The maximum atomic E-state index is 5.73. The van der Waals surface area contributed by atoms with Crippen molar-refractivity contribution in [3.05, 3.63) is 64.5 Å². The Balaban J connectivity index is 2.48. The Labute approximate surface area is 108 Å². The molecular formula is C15H19N3. The summed E-state index contributed by atoms with van der Waals surface area (Å²) in [7, 11) is 0. The average molecular weight is 241 g/mol. The molecule has 0 fully saturated rings. The van der Waals surface area contributed by atoms with Crippen LogP contribution < -0.4 is 11.3 Å². The van der Waals surface area contributed by atoms with Crippen LogP contribution >= 0.6 is 0 Å². The van der Waals surface area contributed by atoms with Gasteiger partial charge in [0.25, 0.3) is 0 Å². The minimum absolute atomic E-state index is 0.0164. The van der Waals surface area contributed by atoms with Gasteiger partial charge in [0.1, 0.15) is 0 Å². The first-order chi connectivity index (χ1) is 8.61. The fourth-order valence-corrected chi connectivity index (χ4v) is 2.17. The van der Waals surface area contributed by atoms with E-state index in [-0.39, 0.29) is 6.04 Å². The van der Waals surface area contributed by atoms with Crippen molar-refractivity contribution in [3.8, 4) is 0 Å². The lowest BCUT2D eigenvalue weighted by Crippen LogP contribution is -2.29. The first-order valence-corrected chi connectivity index (χ1v) is 6.06. The summed E-state index contributed by atoms with van der Waals surface area (Å²) in [6.45, 7) is 6.22. The highest BCUT2D eigenvalue weighted by molar-refractivity contribution is 5.38. The zero-order chi connectivity index (χ0) is 13.1. The SMILES string of the molecule is Cc1cncc(C(NN)c2cc(C)ccc2C)c1. The molecule has 3 nitrogen and oxygen atoms in total. The van der Waals surface area contributed by atoms with Crippen LogP contribution in [0.2, 0.25) is 0 Å². The van der Waals surface area contributed by atoms with E-state index in [4.69, 9.17) is 5.84 Å². The molecule has 1 atom stereocenters. The Morgan fingerprint density at radius 1 is 1.06 bits per heavy atom. The highest BCUT2D eigenvalue weighted by Crippen LogP contribution is 2.25. The monoisotopic (exact) mass is 241 g/mol. The van der Waals surface area contributed by atoms with Gasteiger partial charge in [0, 0.05) is 12.4 Å². The molecule has 3 heteroatoms. The van der Waals surface area contributed by atoms with Gasteiger partial charge in [0.2, 0.25) is 0 Å². The molecule has 1 unspecified atom stereocenters. The first-order valence-electron chi connectivity index (χ1n) is 6.06. The molecule has 0 spiro atoms. The van der Waals surface area contributed by atoms with E-state index in [2.05, 4.69) is 48.5 Å². The Morgan fingerprint density at radius 2 is 1.83 bits per heavy atom. The van der Waals surface area contributed by atoms with Gasteiger partial charge in [-0.2, -0.15) is 0 Å². The first kappa shape index (κ1) is 12.7. The van der Waals surface area contributed by atoms with Gasteiger partial charge in [0.15, 0.2) is 0 Å². The van der Waals surface area contributed by atoms with E-state index in [1.54, 1.807) is 0 Å². The fourth-order valence-electron chi connectivity index (χ4n) is 2.17. The summed E-state index contributed by atoms with van der Waals surface area (Å²) in [5.74, 6) is 5.73. The van der Waals surface area contributed by atoms with Crippen LogP contribution in [0.1, 0.15) is 33.9 Å². The van der Waals surface area contributed by atoms with Crippen LogP contribution in [-0.4, -0.2) is 4.98 Å². The molecular weight excluding hydrogens is 222 g/mol. The van der Waals surface area contributed by atoms with Crippen molar-refractivity contribution < 1.29 is 0 Å². The molecule has 0 saturated heterocycles. The smallest absolute Gasteiger partial charge is 0.0727 e. The van der Waals surface area contributed by atoms with Gasteiger partial charge in [-0.3, -0.25) is 10.8 Å². The molecule has 0 amide bonds. The topological polar surface area (TPSA) is 50.9 Å². The van der Waals surface area contributed by atoms with Crippen LogP contribution in [0.3, 0.4) is 0 Å². The molecule has 0 aliphatic carbocycles. The van der Waals surface area contributed by atoms with E-state index >= 15 is 0 Å². The molecule has 1 heterocycles. The van der Waals surface area contributed by atoms with E-state index in [9.17, 15) is 0 Å². The van der Waals surface area contributed by atoms with Crippen molar-refractivity contribution in [1.82, 2.24) is 10.4 Å². The third kappa shape index (κ3) is 2.58. The van der Waals surface area contributed by atoms with Gasteiger partial charge < -0.3 is 0 Å². The summed E-state index contributed by atoms with van der Waals surface area (Å²) in [4.78, 5) is 4.24. The van der Waals surface area contributed by atoms with E-state index in [1.165, 1.54) is 16.7 Å². The number of aryl methyl sites for hydroxylation is 3. The summed E-state index contributed by atoms with van der Waals surface area (Å²) in [5.41, 5.74) is 8.77. The van der Waals surface area contributed by atoms with Gasteiger partial charge in [-0.25, -0.2) is 5.43 Å². The standard InChI is InChI=1S/C15H19N3/c1-10-4-5-12(3)14(7-10)15(18-16)13-6-11(2)8-17-9-13/h4-9,15,18H,16H2,1-3H3. The third-order valence-electron chi connectivity index (χ3n) is 3.14. The number of nitrogens with two attached hydrogens (primary N) is 1. The molecule has 0 saturated carbocycles. The molecule has 0 radical (unpaired) electrons. The minimum Gasteiger partial charge on any atom is -0.271 e. The van der Waals surface area contributed by atoms with Crippen LogP contribution in [-0.2, 0) is 0 Å². The fraction of sp³-hybridized carbons (Fsp3) is 0.267. The number of hydrazine groups is 1. The molecule has 94 valence electrons. The molecule has 18 heavy (non-hydrogen) atoms. The number of rotatable bonds is 3. The third-order valence-corrected chi connectivity index (χ3v) is 3.14. The minimum atomic E-state index is -0.0164. The van der Waals surface area contributed by atoms with E-state index in [1.807, 2.05) is 19.3 Å². The zero-order valence-corrected chi connectivity index (χ0v) is 11.1. The molecule has 2 rings (SSSR count). The number of hydrogen-bond donors (Lipinski definition) is 2. The Bertz CT molecular complexity index is 549. The van der Waals surface area contributed by atoms with Gasteiger partial charge in [-0.05, 0) is 43.0 Å². The van der Waals surface area contributed by atoms with Crippen molar-refractivity contribution in [2.75, 3.05) is 0 Å². The lowest BCUT2D eigenvalue weighted by molar-refractivity contribution is 0.630. The summed E-state index contributed by atoms with van der Waals surface area (Å²) >= 11 is 0. The maximum Gasteiger partial charge on any atom is 0.0727 e. The quantitative estimate of drug-likeness (QED) is 0.641. The molecule has 2 aromatic rings. The average Bonchev–Trinajstić information content (AvgIpc) is 2.35. The molecule has 1 aromatic heterocycles. The molecule has 0 bridgehead atoms. The predicted octanol–water partition coefficient (Wildman–Crippen LogP) is 2.56. The second-order valence-electron chi connectivity index (χ2n) is 4.76. The van der Waals surface area contributed by atoms with Gasteiger partial charge >= 0.3 is 0 Å². The van der Waals surface area contributed by atoms with Crippen LogP contribution in [0.25, 0.3) is 0 Å². The van der Waals surface area contributed by atoms with Crippen molar-refractivity contribution >= 4 is 0 Å². The Kier molecular flexibility index (Phi) is 3.75. The molecule has 1 aromatic carbocycles. The lowest BCUT2D eigenvalue weighted by atomic mass is 9.94. The van der Waals surface area contributed by atoms with Crippen molar-refractivity contribution in [2.24, 2.45) is 5.84 Å². The van der Waals surface area contributed by atoms with Crippen LogP contribution in [0.4, 0.5) is 0 Å². The van der Waals surface area contributed by atoms with Gasteiger partial charge in [-0.15, -0.1) is 0 Å². The van der Waals surface area contributed by atoms with Gasteiger partial charge in [-0.1, -0.05) is 29.8 Å². The summed E-state index contributed by atoms with van der Waals surface area (Å²) in [5, 5.41) is 0. The highest BCUT2D eigenvalue weighted by atomic mass is 15.2. The highest BCUT2D eigenvalue weighted by Gasteiger charge is 2.15. The molecule has 3 N–H and O–H groups in total. The number of pyridine rings is 1. The number of aromatic nitrogens is 1. The van der Waals surface area contributed by atoms with Gasteiger partial charge in [0.05, 0.1) is 6.04 Å². The number of hydrogen-bond acceptors (Lipinski definition) is 3. The molecule has 0 aliphatic rings. The summed E-state index contributed by atoms with van der Waals surface area (Å²) < 4.78 is 0.